The van der Waals surface area contributed by atoms with Crippen molar-refractivity contribution in [2.75, 3.05) is 0 Å². The molecule has 0 unspecified atom stereocenters. The van der Waals surface area contributed by atoms with Crippen molar-refractivity contribution in [1.29, 1.82) is 0 Å². The van der Waals surface area contributed by atoms with Gasteiger partial charge in [-0.3, -0.25) is 0 Å². The minimum Gasteiger partial charge on any atom is -0.307 e. The Morgan fingerprint density at radius 1 is 1.14 bits per heavy atom. The lowest BCUT2D eigenvalue weighted by Crippen LogP contribution is -2.24. The summed E-state index contributed by atoms with van der Waals surface area (Å²) in [6.07, 6.45) is 0.902. The van der Waals surface area contributed by atoms with Gasteiger partial charge in [0.15, 0.2) is 0 Å². The highest BCUT2D eigenvalue weighted by Crippen LogP contribution is 2.31. The Morgan fingerprint density at radius 2 is 1.86 bits per heavy atom. The van der Waals surface area contributed by atoms with Crippen LogP contribution < -0.4 is 5.32 Å². The summed E-state index contributed by atoms with van der Waals surface area (Å²) < 4.78 is 13.1. The number of halogens is 1. The van der Waals surface area contributed by atoms with E-state index in [4.69, 9.17) is 9.97 Å². The van der Waals surface area contributed by atoms with Crippen molar-refractivity contribution < 1.29 is 4.39 Å². The van der Waals surface area contributed by atoms with Gasteiger partial charge in [-0.15, -0.1) is 0 Å². The normalized spacial score (nSPS) is 14.3. The number of nitrogens with one attached hydrogen (secondary N) is 1. The summed E-state index contributed by atoms with van der Waals surface area (Å²) in [4.78, 5) is 9.55. The van der Waals surface area contributed by atoms with Crippen LogP contribution in [-0.4, -0.2) is 9.97 Å². The zero-order valence-corrected chi connectivity index (χ0v) is 12.7. The van der Waals surface area contributed by atoms with E-state index in [2.05, 4.69) is 26.1 Å². The Balaban J connectivity index is 2.08. The molecule has 1 aliphatic heterocycles. The molecule has 0 saturated carbocycles. The monoisotopic (exact) mass is 285 g/mol. The van der Waals surface area contributed by atoms with Crippen LogP contribution in [0, 0.1) is 5.82 Å². The quantitative estimate of drug-likeness (QED) is 0.941. The number of hydrogen-bond acceptors (Lipinski definition) is 3. The molecule has 0 radical (unpaired) electrons. The molecule has 1 aromatic heterocycles. The van der Waals surface area contributed by atoms with Crippen LogP contribution in [0.15, 0.2) is 24.3 Å². The zero-order valence-electron chi connectivity index (χ0n) is 12.7. The van der Waals surface area contributed by atoms with Gasteiger partial charge >= 0.3 is 0 Å². The Bertz CT molecular complexity index is 662. The van der Waals surface area contributed by atoms with E-state index in [1.807, 2.05) is 12.1 Å². The Labute approximate surface area is 124 Å². The molecule has 0 spiro atoms. The fourth-order valence-electron chi connectivity index (χ4n) is 2.81. The third-order valence-electron chi connectivity index (χ3n) is 4.23. The molecule has 1 N–H and O–H groups in total. The lowest BCUT2D eigenvalue weighted by atomic mass is 9.83. The summed E-state index contributed by atoms with van der Waals surface area (Å²) in [7, 11) is 0. The largest absolute Gasteiger partial charge is 0.307 e. The molecule has 0 aliphatic carbocycles. The van der Waals surface area contributed by atoms with E-state index >= 15 is 0 Å². The van der Waals surface area contributed by atoms with Gasteiger partial charge in [-0.25, -0.2) is 14.4 Å². The molecule has 3 nitrogen and oxygen atoms in total. The van der Waals surface area contributed by atoms with Gasteiger partial charge in [0.25, 0.3) is 0 Å². The van der Waals surface area contributed by atoms with Gasteiger partial charge in [0, 0.05) is 29.8 Å². The molecule has 0 amide bonds. The summed E-state index contributed by atoms with van der Waals surface area (Å²) in [6.45, 7) is 7.95. The van der Waals surface area contributed by atoms with Crippen molar-refractivity contribution in [1.82, 2.24) is 15.3 Å². The first-order valence-corrected chi connectivity index (χ1v) is 7.38. The topological polar surface area (TPSA) is 37.8 Å². The van der Waals surface area contributed by atoms with Crippen LogP contribution in [-0.2, 0) is 24.9 Å². The highest BCUT2D eigenvalue weighted by molar-refractivity contribution is 5.35. The number of fused-ring (bicyclic) bond motifs is 1. The van der Waals surface area contributed by atoms with E-state index in [0.29, 0.717) is 0 Å². The van der Waals surface area contributed by atoms with E-state index in [0.717, 1.165) is 42.3 Å². The van der Waals surface area contributed by atoms with Crippen molar-refractivity contribution in [2.45, 2.75) is 45.7 Å². The van der Waals surface area contributed by atoms with E-state index in [-0.39, 0.29) is 11.2 Å². The fraction of sp³-hybridized carbons (Fsp3) is 0.412. The van der Waals surface area contributed by atoms with Crippen LogP contribution in [0.3, 0.4) is 0 Å². The third kappa shape index (κ3) is 2.44. The number of aromatic nitrogens is 2. The second kappa shape index (κ2) is 5.19. The molecule has 21 heavy (non-hydrogen) atoms. The molecular formula is C17H20FN3. The number of benzene rings is 1. The minimum absolute atomic E-state index is 0.220. The Kier molecular flexibility index (Phi) is 3.49. The first kappa shape index (κ1) is 14.1. The van der Waals surface area contributed by atoms with Gasteiger partial charge in [-0.1, -0.05) is 19.1 Å². The second-order valence-corrected chi connectivity index (χ2v) is 6.01. The number of rotatable bonds is 3. The van der Waals surface area contributed by atoms with Crippen LogP contribution in [0.4, 0.5) is 4.39 Å². The van der Waals surface area contributed by atoms with Crippen LogP contribution in [0.1, 0.15) is 49.1 Å². The number of aryl methyl sites for hydroxylation is 1. The van der Waals surface area contributed by atoms with Gasteiger partial charge < -0.3 is 5.32 Å². The van der Waals surface area contributed by atoms with Gasteiger partial charge in [0.1, 0.15) is 11.6 Å². The lowest BCUT2D eigenvalue weighted by molar-refractivity contribution is 0.575. The van der Waals surface area contributed by atoms with Crippen molar-refractivity contribution in [2.24, 2.45) is 0 Å². The molecule has 0 fully saturated rings. The maximum atomic E-state index is 13.1. The summed E-state index contributed by atoms with van der Waals surface area (Å²) >= 11 is 0. The standard InChI is InChI=1S/C17H20FN3/c1-4-14-13-9-19-10-15(13)21-16(20-14)17(2,3)11-5-7-12(18)8-6-11/h5-8,19H,4,9-10H2,1-3H3. The van der Waals surface area contributed by atoms with Gasteiger partial charge in [0.05, 0.1) is 5.69 Å². The molecule has 0 atom stereocenters. The summed E-state index contributed by atoms with van der Waals surface area (Å²) in [5, 5.41) is 3.34. The predicted octanol–water partition coefficient (Wildman–Crippen LogP) is 3.11. The average molecular weight is 285 g/mol. The van der Waals surface area contributed by atoms with Crippen molar-refractivity contribution in [3.8, 4) is 0 Å². The van der Waals surface area contributed by atoms with E-state index < -0.39 is 0 Å². The molecular weight excluding hydrogens is 265 g/mol. The molecule has 3 rings (SSSR count). The molecule has 2 heterocycles. The lowest BCUT2D eigenvalue weighted by Gasteiger charge is -2.25. The maximum Gasteiger partial charge on any atom is 0.138 e. The molecule has 4 heteroatoms. The molecule has 1 aliphatic rings. The maximum absolute atomic E-state index is 13.1. The number of nitrogens with zero attached hydrogens (tertiary/aromatic N) is 2. The minimum atomic E-state index is -0.338. The van der Waals surface area contributed by atoms with Gasteiger partial charge in [-0.2, -0.15) is 0 Å². The van der Waals surface area contributed by atoms with Crippen molar-refractivity contribution in [3.63, 3.8) is 0 Å². The van der Waals surface area contributed by atoms with Crippen LogP contribution in [0.5, 0.6) is 0 Å². The second-order valence-electron chi connectivity index (χ2n) is 6.01. The Morgan fingerprint density at radius 3 is 2.52 bits per heavy atom. The highest BCUT2D eigenvalue weighted by atomic mass is 19.1. The summed E-state index contributed by atoms with van der Waals surface area (Å²) in [5.41, 5.74) is 4.16. The Hall–Kier alpha value is -1.81. The van der Waals surface area contributed by atoms with Crippen molar-refractivity contribution >= 4 is 0 Å². The molecule has 1 aromatic carbocycles. The van der Waals surface area contributed by atoms with Gasteiger partial charge in [0.2, 0.25) is 0 Å². The SMILES string of the molecule is CCc1nc(C(C)(C)c2ccc(F)cc2)nc2c1CNC2. The van der Waals surface area contributed by atoms with Crippen molar-refractivity contribution in [3.05, 3.63) is 58.4 Å². The summed E-state index contributed by atoms with van der Waals surface area (Å²) in [5.74, 6) is 0.594. The molecule has 0 saturated heterocycles. The summed E-state index contributed by atoms with van der Waals surface area (Å²) in [6, 6.07) is 6.62. The fourth-order valence-corrected chi connectivity index (χ4v) is 2.81. The van der Waals surface area contributed by atoms with E-state index in [1.165, 1.54) is 17.7 Å². The van der Waals surface area contributed by atoms with E-state index in [1.54, 1.807) is 0 Å². The number of hydrogen-bond donors (Lipinski definition) is 1. The van der Waals surface area contributed by atoms with Gasteiger partial charge in [-0.05, 0) is 38.0 Å². The van der Waals surface area contributed by atoms with Crippen LogP contribution in [0.25, 0.3) is 0 Å². The first-order valence-electron chi connectivity index (χ1n) is 7.38. The first-order chi connectivity index (χ1) is 10.0. The van der Waals surface area contributed by atoms with E-state index in [9.17, 15) is 4.39 Å². The van der Waals surface area contributed by atoms with Crippen LogP contribution in [0.2, 0.25) is 0 Å². The average Bonchev–Trinajstić information content (AvgIpc) is 2.95. The predicted molar refractivity (Wildman–Crippen MR) is 80.5 cm³/mol. The molecule has 0 bridgehead atoms. The molecule has 110 valence electrons. The highest BCUT2D eigenvalue weighted by Gasteiger charge is 2.29. The zero-order chi connectivity index (χ0) is 15.0. The molecule has 2 aromatic rings. The third-order valence-corrected chi connectivity index (χ3v) is 4.23. The van der Waals surface area contributed by atoms with Crippen LogP contribution >= 0.6 is 0 Å². The smallest absolute Gasteiger partial charge is 0.138 e.